The lowest BCUT2D eigenvalue weighted by molar-refractivity contribution is 0.310. The third-order valence-electron chi connectivity index (χ3n) is 6.80. The fourth-order valence-electron chi connectivity index (χ4n) is 5.18. The van der Waals surface area contributed by atoms with Gasteiger partial charge >= 0.3 is 0 Å². The first-order valence-electron chi connectivity index (χ1n) is 11.9. The summed E-state index contributed by atoms with van der Waals surface area (Å²) in [6.07, 6.45) is 2.85. The van der Waals surface area contributed by atoms with E-state index in [-0.39, 0.29) is 12.1 Å². The number of aromatic nitrogens is 2. The Labute approximate surface area is 207 Å². The Hall–Kier alpha value is -3.44. The molecule has 1 fully saturated rings. The fourth-order valence-corrected chi connectivity index (χ4v) is 5.49. The van der Waals surface area contributed by atoms with Crippen LogP contribution in [0.5, 0.6) is 0 Å². The molecular weight excluding hydrogens is 436 g/mol. The highest BCUT2D eigenvalue weighted by Gasteiger charge is 2.41. The highest BCUT2D eigenvalue weighted by molar-refractivity contribution is 7.80. The standard InChI is InChI=1S/C29H30N4S/c1-4-23-14-8-9-16-26(23)33-20(2)18-24(21(33)3)28-27(25-15-10-11-17-30-25)31-29(34)32(28)19-22-12-6-5-7-13-22/h5-18,27-28H,4,19H2,1-3H3,(H,31,34)/t27-,28+/m1/s1. The van der Waals surface area contributed by atoms with Crippen LogP contribution in [-0.4, -0.2) is 19.6 Å². The lowest BCUT2D eigenvalue weighted by Crippen LogP contribution is -2.29. The number of thiocarbonyl (C=S) groups is 1. The fraction of sp³-hybridized carbons (Fsp3) is 0.241. The number of rotatable bonds is 6. The van der Waals surface area contributed by atoms with Crippen molar-refractivity contribution < 1.29 is 0 Å². The number of nitrogens with zero attached hydrogens (tertiary/aromatic N) is 3. The lowest BCUT2D eigenvalue weighted by Gasteiger charge is -2.28. The summed E-state index contributed by atoms with van der Waals surface area (Å²) < 4.78 is 2.39. The molecule has 0 aliphatic carbocycles. The number of pyridine rings is 1. The van der Waals surface area contributed by atoms with Gasteiger partial charge in [-0.05, 0) is 73.4 Å². The van der Waals surface area contributed by atoms with E-state index < -0.39 is 0 Å². The van der Waals surface area contributed by atoms with Gasteiger partial charge in [0.25, 0.3) is 0 Å². The van der Waals surface area contributed by atoms with Crippen LogP contribution in [-0.2, 0) is 13.0 Å². The van der Waals surface area contributed by atoms with Gasteiger partial charge in [0.2, 0.25) is 0 Å². The molecule has 34 heavy (non-hydrogen) atoms. The largest absolute Gasteiger partial charge is 0.352 e. The number of para-hydroxylation sites is 1. The van der Waals surface area contributed by atoms with Crippen molar-refractivity contribution in [3.8, 4) is 5.69 Å². The summed E-state index contributed by atoms with van der Waals surface area (Å²) in [5, 5.41) is 4.36. The molecule has 0 unspecified atom stereocenters. The number of benzene rings is 2. The smallest absolute Gasteiger partial charge is 0.170 e. The zero-order chi connectivity index (χ0) is 23.7. The summed E-state index contributed by atoms with van der Waals surface area (Å²) >= 11 is 5.89. The van der Waals surface area contributed by atoms with Gasteiger partial charge in [0, 0.05) is 29.8 Å². The number of nitrogens with one attached hydrogen (secondary N) is 1. The zero-order valence-electron chi connectivity index (χ0n) is 19.9. The molecule has 0 radical (unpaired) electrons. The maximum Gasteiger partial charge on any atom is 0.170 e. The van der Waals surface area contributed by atoms with E-state index in [0.717, 1.165) is 23.8 Å². The van der Waals surface area contributed by atoms with Gasteiger partial charge < -0.3 is 14.8 Å². The Morgan fingerprint density at radius 2 is 1.68 bits per heavy atom. The first-order valence-corrected chi connectivity index (χ1v) is 12.3. The highest BCUT2D eigenvalue weighted by Crippen LogP contribution is 2.42. The molecule has 2 atom stereocenters. The minimum absolute atomic E-state index is 0.0206. The first-order chi connectivity index (χ1) is 16.6. The normalized spacial score (nSPS) is 17.7. The zero-order valence-corrected chi connectivity index (χ0v) is 20.7. The van der Waals surface area contributed by atoms with Gasteiger partial charge in [-0.25, -0.2) is 0 Å². The van der Waals surface area contributed by atoms with Crippen molar-refractivity contribution in [1.29, 1.82) is 0 Å². The van der Waals surface area contributed by atoms with Crippen LogP contribution in [0.2, 0.25) is 0 Å². The van der Waals surface area contributed by atoms with E-state index in [2.05, 4.69) is 102 Å². The molecule has 5 heteroatoms. The summed E-state index contributed by atoms with van der Waals surface area (Å²) in [5.74, 6) is 0. The molecule has 2 aromatic carbocycles. The van der Waals surface area contributed by atoms with E-state index in [4.69, 9.17) is 17.2 Å². The van der Waals surface area contributed by atoms with Crippen molar-refractivity contribution >= 4 is 17.3 Å². The van der Waals surface area contributed by atoms with Crippen molar-refractivity contribution in [3.05, 3.63) is 119 Å². The van der Waals surface area contributed by atoms with Gasteiger partial charge in [-0.2, -0.15) is 0 Å². The first kappa shape index (κ1) is 22.4. The minimum atomic E-state index is -0.0206. The number of hydrogen-bond donors (Lipinski definition) is 1. The molecule has 0 saturated carbocycles. The number of hydrogen-bond acceptors (Lipinski definition) is 2. The predicted octanol–water partition coefficient (Wildman–Crippen LogP) is 6.22. The predicted molar refractivity (Wildman–Crippen MR) is 142 cm³/mol. The van der Waals surface area contributed by atoms with Gasteiger partial charge in [-0.1, -0.05) is 61.5 Å². The molecule has 1 aliphatic heterocycles. The summed E-state index contributed by atoms with van der Waals surface area (Å²) in [6, 6.07) is 27.7. The summed E-state index contributed by atoms with van der Waals surface area (Å²) in [6.45, 7) is 7.38. The van der Waals surface area contributed by atoms with Crippen molar-refractivity contribution in [2.75, 3.05) is 0 Å². The second kappa shape index (κ2) is 9.43. The molecule has 2 aromatic heterocycles. The van der Waals surface area contributed by atoms with Gasteiger partial charge in [-0.15, -0.1) is 0 Å². The molecule has 1 aliphatic rings. The molecule has 0 bridgehead atoms. The third-order valence-corrected chi connectivity index (χ3v) is 7.15. The topological polar surface area (TPSA) is 33.1 Å². The Morgan fingerprint density at radius 3 is 2.41 bits per heavy atom. The molecule has 0 amide bonds. The Kier molecular flexibility index (Phi) is 6.20. The Balaban J connectivity index is 1.64. The summed E-state index contributed by atoms with van der Waals surface area (Å²) in [4.78, 5) is 7.02. The van der Waals surface area contributed by atoms with E-state index >= 15 is 0 Å². The second-order valence-electron chi connectivity index (χ2n) is 8.88. The van der Waals surface area contributed by atoms with Gasteiger partial charge in [-0.3, -0.25) is 4.98 Å². The van der Waals surface area contributed by atoms with Crippen LogP contribution in [0.1, 0.15) is 52.8 Å². The molecular formula is C29H30N4S. The van der Waals surface area contributed by atoms with Crippen LogP contribution >= 0.6 is 12.2 Å². The molecule has 0 spiro atoms. The molecule has 172 valence electrons. The molecule has 4 nitrogen and oxygen atoms in total. The van der Waals surface area contributed by atoms with Crippen LogP contribution < -0.4 is 5.32 Å². The monoisotopic (exact) mass is 466 g/mol. The van der Waals surface area contributed by atoms with Gasteiger partial charge in [0.05, 0.1) is 17.8 Å². The molecule has 5 rings (SSSR count). The average Bonchev–Trinajstić information content (AvgIpc) is 3.35. The molecule has 1 saturated heterocycles. The van der Waals surface area contributed by atoms with E-state index in [1.165, 1.54) is 33.8 Å². The maximum atomic E-state index is 5.89. The van der Waals surface area contributed by atoms with Crippen molar-refractivity contribution in [1.82, 2.24) is 19.8 Å². The van der Waals surface area contributed by atoms with Crippen molar-refractivity contribution in [2.24, 2.45) is 0 Å². The van der Waals surface area contributed by atoms with Crippen LogP contribution in [0, 0.1) is 13.8 Å². The van der Waals surface area contributed by atoms with Crippen LogP contribution in [0.15, 0.2) is 85.1 Å². The Bertz CT molecular complexity index is 1300. The van der Waals surface area contributed by atoms with Crippen molar-refractivity contribution in [2.45, 2.75) is 45.8 Å². The minimum Gasteiger partial charge on any atom is -0.352 e. The summed E-state index contributed by atoms with van der Waals surface area (Å²) in [5.41, 5.74) is 8.59. The van der Waals surface area contributed by atoms with E-state index in [1.54, 1.807) is 0 Å². The highest BCUT2D eigenvalue weighted by atomic mass is 32.1. The SMILES string of the molecule is CCc1ccccc1-n1c(C)cc([C@H]2[C@@H](c3ccccn3)NC(=S)N2Cc2ccccc2)c1C. The third kappa shape index (κ3) is 4.01. The van der Waals surface area contributed by atoms with E-state index in [0.29, 0.717) is 0 Å². The van der Waals surface area contributed by atoms with E-state index in [1.807, 2.05) is 18.3 Å². The second-order valence-corrected chi connectivity index (χ2v) is 9.27. The number of aryl methyl sites for hydroxylation is 2. The quantitative estimate of drug-likeness (QED) is 0.342. The van der Waals surface area contributed by atoms with Gasteiger partial charge in [0.1, 0.15) is 0 Å². The molecule has 4 aromatic rings. The summed E-state index contributed by atoms with van der Waals surface area (Å²) in [7, 11) is 0. The maximum absolute atomic E-state index is 5.89. The average molecular weight is 467 g/mol. The lowest BCUT2D eigenvalue weighted by atomic mass is 9.96. The van der Waals surface area contributed by atoms with Crippen LogP contribution in [0.4, 0.5) is 0 Å². The molecule has 3 heterocycles. The van der Waals surface area contributed by atoms with Crippen LogP contribution in [0.25, 0.3) is 5.69 Å². The molecule has 1 N–H and O–H groups in total. The van der Waals surface area contributed by atoms with E-state index in [9.17, 15) is 0 Å². The Morgan fingerprint density at radius 1 is 0.941 bits per heavy atom. The van der Waals surface area contributed by atoms with Crippen LogP contribution in [0.3, 0.4) is 0 Å². The van der Waals surface area contributed by atoms with Crippen molar-refractivity contribution in [3.63, 3.8) is 0 Å². The van der Waals surface area contributed by atoms with Gasteiger partial charge in [0.15, 0.2) is 5.11 Å².